The number of alkyl halides is 4. The average Bonchev–Trinajstić information content (AvgIpc) is 2.28. The molecule has 0 saturated carbocycles. The van der Waals surface area contributed by atoms with Crippen LogP contribution >= 0.6 is 15.9 Å². The summed E-state index contributed by atoms with van der Waals surface area (Å²) in [5.74, 6) is -1.81. The molecular weight excluding hydrogens is 297 g/mol. The Bertz CT molecular complexity index is 424. The lowest BCUT2D eigenvalue weighted by atomic mass is 10.1. The molecule has 92 valence electrons. The van der Waals surface area contributed by atoms with E-state index in [1.54, 1.807) is 12.1 Å². The molecular formula is C12H10BrF3O. The van der Waals surface area contributed by atoms with Crippen molar-refractivity contribution in [3.63, 3.8) is 0 Å². The number of carbonyl (C=O) groups excluding carboxylic acids is 1. The van der Waals surface area contributed by atoms with Gasteiger partial charge in [-0.3, -0.25) is 4.79 Å². The van der Waals surface area contributed by atoms with Crippen molar-refractivity contribution in [1.29, 1.82) is 0 Å². The van der Waals surface area contributed by atoms with Crippen molar-refractivity contribution < 1.29 is 18.0 Å². The fourth-order valence-corrected chi connectivity index (χ4v) is 1.49. The van der Waals surface area contributed by atoms with Crippen molar-refractivity contribution in [1.82, 2.24) is 0 Å². The zero-order valence-electron chi connectivity index (χ0n) is 8.80. The Hall–Kier alpha value is -1.10. The van der Waals surface area contributed by atoms with E-state index in [4.69, 9.17) is 0 Å². The molecule has 0 saturated heterocycles. The summed E-state index contributed by atoms with van der Waals surface area (Å²) in [6.45, 7) is 0. The number of allylic oxidation sites excluding steroid dienone is 1. The Balaban J connectivity index is 2.90. The molecule has 0 aliphatic carbocycles. The first-order chi connectivity index (χ1) is 7.95. The van der Waals surface area contributed by atoms with Crippen LogP contribution < -0.4 is 0 Å². The zero-order chi connectivity index (χ0) is 12.9. The van der Waals surface area contributed by atoms with Gasteiger partial charge in [-0.25, -0.2) is 0 Å². The molecule has 0 unspecified atom stereocenters. The Morgan fingerprint density at radius 2 is 2.06 bits per heavy atom. The number of ketones is 1. The lowest BCUT2D eigenvalue weighted by Gasteiger charge is -2.05. The number of rotatable bonds is 4. The molecule has 0 radical (unpaired) electrons. The number of hydrogen-bond acceptors (Lipinski definition) is 1. The molecule has 17 heavy (non-hydrogen) atoms. The van der Waals surface area contributed by atoms with Gasteiger partial charge in [0, 0.05) is 10.9 Å². The normalized spacial score (nSPS) is 12.0. The van der Waals surface area contributed by atoms with Gasteiger partial charge in [-0.15, -0.1) is 0 Å². The summed E-state index contributed by atoms with van der Waals surface area (Å²) in [7, 11) is 0. The SMILES string of the molecule is O=C(c1cccc(C=CCCBr)c1)C(F)(F)F. The number of Topliss-reactive ketones (excluding diaryl/α,β-unsaturated/α-hetero) is 1. The molecule has 1 rings (SSSR count). The molecule has 0 aliphatic rings. The standard InChI is InChI=1S/C12H10BrF3O/c13-7-2-1-4-9-5-3-6-10(8-9)11(17)12(14,15)16/h1,3-6,8H,2,7H2. The van der Waals surface area contributed by atoms with Crippen molar-refractivity contribution in [2.24, 2.45) is 0 Å². The predicted molar refractivity (Wildman–Crippen MR) is 64.3 cm³/mol. The average molecular weight is 307 g/mol. The van der Waals surface area contributed by atoms with Crippen molar-refractivity contribution >= 4 is 27.8 Å². The summed E-state index contributed by atoms with van der Waals surface area (Å²) in [6, 6.07) is 5.49. The molecule has 1 aromatic carbocycles. The summed E-state index contributed by atoms with van der Waals surface area (Å²) in [6.07, 6.45) is -0.532. The van der Waals surface area contributed by atoms with Crippen LogP contribution in [0.5, 0.6) is 0 Å². The van der Waals surface area contributed by atoms with Crippen LogP contribution in [0.3, 0.4) is 0 Å². The van der Waals surface area contributed by atoms with Crippen LogP contribution in [-0.2, 0) is 0 Å². The summed E-state index contributed by atoms with van der Waals surface area (Å²) in [4.78, 5) is 11.0. The molecule has 0 aromatic heterocycles. The first-order valence-electron chi connectivity index (χ1n) is 4.89. The predicted octanol–water partition coefficient (Wildman–Crippen LogP) is 4.23. The molecule has 0 atom stereocenters. The third-order valence-electron chi connectivity index (χ3n) is 1.99. The van der Waals surface area contributed by atoms with Gasteiger partial charge < -0.3 is 0 Å². The maximum absolute atomic E-state index is 12.2. The van der Waals surface area contributed by atoms with Crippen LogP contribution in [0.2, 0.25) is 0 Å². The van der Waals surface area contributed by atoms with E-state index in [-0.39, 0.29) is 5.56 Å². The van der Waals surface area contributed by atoms with Crippen LogP contribution in [0, 0.1) is 0 Å². The minimum atomic E-state index is -4.82. The molecule has 1 aromatic rings. The Kier molecular flexibility index (Phi) is 4.93. The second-order valence-electron chi connectivity index (χ2n) is 3.33. The van der Waals surface area contributed by atoms with E-state index in [9.17, 15) is 18.0 Å². The van der Waals surface area contributed by atoms with Crippen LogP contribution in [-0.4, -0.2) is 17.3 Å². The Labute approximate surface area is 105 Å². The molecule has 0 bridgehead atoms. The molecule has 0 fully saturated rings. The maximum atomic E-state index is 12.2. The van der Waals surface area contributed by atoms with Gasteiger partial charge in [-0.1, -0.05) is 46.3 Å². The van der Waals surface area contributed by atoms with Crippen molar-refractivity contribution in [3.8, 4) is 0 Å². The van der Waals surface area contributed by atoms with Crippen molar-refractivity contribution in [2.45, 2.75) is 12.6 Å². The van der Waals surface area contributed by atoms with E-state index in [0.717, 1.165) is 17.8 Å². The van der Waals surface area contributed by atoms with E-state index >= 15 is 0 Å². The first kappa shape index (κ1) is 14.0. The monoisotopic (exact) mass is 306 g/mol. The summed E-state index contributed by atoms with van der Waals surface area (Å²) >= 11 is 3.23. The van der Waals surface area contributed by atoms with Gasteiger partial charge in [0.2, 0.25) is 0 Å². The molecule has 0 spiro atoms. The molecule has 0 amide bonds. The topological polar surface area (TPSA) is 17.1 Å². The van der Waals surface area contributed by atoms with E-state index in [1.807, 2.05) is 6.08 Å². The van der Waals surface area contributed by atoms with Gasteiger partial charge in [0.1, 0.15) is 0 Å². The number of hydrogen-bond donors (Lipinski definition) is 0. The van der Waals surface area contributed by atoms with Gasteiger partial charge in [0.25, 0.3) is 5.78 Å². The van der Waals surface area contributed by atoms with Crippen LogP contribution in [0.25, 0.3) is 6.08 Å². The fraction of sp³-hybridized carbons (Fsp3) is 0.250. The van der Waals surface area contributed by atoms with Gasteiger partial charge in [-0.2, -0.15) is 13.2 Å². The van der Waals surface area contributed by atoms with Crippen LogP contribution in [0.4, 0.5) is 13.2 Å². The minimum Gasteiger partial charge on any atom is -0.284 e. The van der Waals surface area contributed by atoms with Gasteiger partial charge in [0.15, 0.2) is 0 Å². The van der Waals surface area contributed by atoms with Crippen LogP contribution in [0.1, 0.15) is 22.3 Å². The van der Waals surface area contributed by atoms with Crippen LogP contribution in [0.15, 0.2) is 30.3 Å². The van der Waals surface area contributed by atoms with Crippen molar-refractivity contribution in [3.05, 3.63) is 41.5 Å². The summed E-state index contributed by atoms with van der Waals surface area (Å²) in [5.41, 5.74) is 0.250. The minimum absolute atomic E-state index is 0.335. The second kappa shape index (κ2) is 6.00. The van der Waals surface area contributed by atoms with Gasteiger partial charge in [-0.05, 0) is 18.1 Å². The third-order valence-corrected chi connectivity index (χ3v) is 2.45. The lowest BCUT2D eigenvalue weighted by Crippen LogP contribution is -2.22. The lowest BCUT2D eigenvalue weighted by molar-refractivity contribution is -0.0885. The number of halogens is 4. The fourth-order valence-electron chi connectivity index (χ4n) is 1.23. The Morgan fingerprint density at radius 3 is 2.65 bits per heavy atom. The van der Waals surface area contributed by atoms with E-state index < -0.39 is 12.0 Å². The highest BCUT2D eigenvalue weighted by molar-refractivity contribution is 9.09. The largest absolute Gasteiger partial charge is 0.454 e. The summed E-state index contributed by atoms with van der Waals surface area (Å²) in [5, 5.41) is 0.782. The molecule has 5 heteroatoms. The highest BCUT2D eigenvalue weighted by Crippen LogP contribution is 2.22. The summed E-state index contributed by atoms with van der Waals surface area (Å²) < 4.78 is 36.6. The Morgan fingerprint density at radius 1 is 1.35 bits per heavy atom. The molecule has 1 nitrogen and oxygen atoms in total. The molecule has 0 heterocycles. The van der Waals surface area contributed by atoms with E-state index in [0.29, 0.717) is 5.56 Å². The smallest absolute Gasteiger partial charge is 0.284 e. The van der Waals surface area contributed by atoms with Gasteiger partial charge in [0.05, 0.1) is 0 Å². The van der Waals surface area contributed by atoms with Gasteiger partial charge >= 0.3 is 6.18 Å². The number of carbonyl (C=O) groups is 1. The highest BCUT2D eigenvalue weighted by Gasteiger charge is 2.39. The quantitative estimate of drug-likeness (QED) is 0.601. The third kappa shape index (κ3) is 4.34. The number of benzene rings is 1. The highest BCUT2D eigenvalue weighted by atomic mass is 79.9. The zero-order valence-corrected chi connectivity index (χ0v) is 10.4. The first-order valence-corrected chi connectivity index (χ1v) is 6.01. The molecule has 0 aliphatic heterocycles. The van der Waals surface area contributed by atoms with E-state index in [2.05, 4.69) is 15.9 Å². The van der Waals surface area contributed by atoms with Crippen molar-refractivity contribution in [2.75, 3.05) is 5.33 Å². The molecule has 0 N–H and O–H groups in total. The maximum Gasteiger partial charge on any atom is 0.454 e. The van der Waals surface area contributed by atoms with E-state index in [1.165, 1.54) is 12.1 Å². The second-order valence-corrected chi connectivity index (χ2v) is 4.13.